The first kappa shape index (κ1) is 15.6. The number of aromatic nitrogens is 2. The molecule has 2 rings (SSSR count). The molecule has 2 aromatic rings. The molecule has 0 aliphatic carbocycles. The fourth-order valence-corrected chi connectivity index (χ4v) is 1.78. The van der Waals surface area contributed by atoms with Gasteiger partial charge in [-0.1, -0.05) is 0 Å². The van der Waals surface area contributed by atoms with E-state index in [1.54, 1.807) is 36.7 Å². The molecule has 0 aromatic carbocycles. The van der Waals surface area contributed by atoms with E-state index in [1.807, 2.05) is 0 Å². The molecule has 0 N–H and O–H groups in total. The summed E-state index contributed by atoms with van der Waals surface area (Å²) in [5.41, 5.74) is 2.98. The van der Waals surface area contributed by atoms with Crippen molar-refractivity contribution >= 4 is 11.9 Å². The van der Waals surface area contributed by atoms with Gasteiger partial charge in [0.2, 0.25) is 0 Å². The normalized spacial score (nSPS) is 10.1. The SMILES string of the molecule is CC(=O)OCc1ccnc(-c2cc(COC(C)=O)ccn2)c1. The monoisotopic (exact) mass is 300 g/mol. The fraction of sp³-hybridized carbons (Fsp3) is 0.250. The lowest BCUT2D eigenvalue weighted by atomic mass is 10.1. The largest absolute Gasteiger partial charge is 0.461 e. The minimum absolute atomic E-state index is 0.192. The van der Waals surface area contributed by atoms with E-state index in [0.717, 1.165) is 11.1 Å². The second-order valence-corrected chi connectivity index (χ2v) is 4.66. The Balaban J connectivity index is 2.16. The molecule has 2 heterocycles. The van der Waals surface area contributed by atoms with Gasteiger partial charge in [0.05, 0.1) is 11.4 Å². The van der Waals surface area contributed by atoms with Crippen LogP contribution in [0.4, 0.5) is 0 Å². The van der Waals surface area contributed by atoms with Crippen molar-refractivity contribution in [3.63, 3.8) is 0 Å². The average molecular weight is 300 g/mol. The highest BCUT2D eigenvalue weighted by molar-refractivity contribution is 5.66. The van der Waals surface area contributed by atoms with Gasteiger partial charge in [0.25, 0.3) is 0 Å². The summed E-state index contributed by atoms with van der Waals surface area (Å²) in [4.78, 5) is 30.2. The topological polar surface area (TPSA) is 78.4 Å². The van der Waals surface area contributed by atoms with Crippen LogP contribution in [0.2, 0.25) is 0 Å². The van der Waals surface area contributed by atoms with Crippen molar-refractivity contribution in [2.45, 2.75) is 27.1 Å². The van der Waals surface area contributed by atoms with Gasteiger partial charge in [-0.05, 0) is 35.4 Å². The Hall–Kier alpha value is -2.76. The first-order valence-corrected chi connectivity index (χ1v) is 6.71. The van der Waals surface area contributed by atoms with Crippen LogP contribution >= 0.6 is 0 Å². The van der Waals surface area contributed by atoms with E-state index in [9.17, 15) is 9.59 Å². The standard InChI is InChI=1S/C16H16N2O4/c1-11(19)21-9-13-3-5-17-15(7-13)16-8-14(4-6-18-16)10-22-12(2)20/h3-8H,9-10H2,1-2H3. The fourth-order valence-electron chi connectivity index (χ4n) is 1.78. The lowest BCUT2D eigenvalue weighted by Gasteiger charge is -2.06. The highest BCUT2D eigenvalue weighted by Gasteiger charge is 2.06. The van der Waals surface area contributed by atoms with Crippen LogP contribution in [-0.2, 0) is 32.3 Å². The van der Waals surface area contributed by atoms with Gasteiger partial charge in [0.1, 0.15) is 13.2 Å². The van der Waals surface area contributed by atoms with E-state index >= 15 is 0 Å². The first-order valence-electron chi connectivity index (χ1n) is 6.71. The lowest BCUT2D eigenvalue weighted by Crippen LogP contribution is -2.01. The smallest absolute Gasteiger partial charge is 0.302 e. The van der Waals surface area contributed by atoms with E-state index < -0.39 is 0 Å². The Morgan fingerprint density at radius 1 is 0.864 bits per heavy atom. The van der Waals surface area contributed by atoms with Crippen molar-refractivity contribution in [2.75, 3.05) is 0 Å². The van der Waals surface area contributed by atoms with Gasteiger partial charge in [-0.15, -0.1) is 0 Å². The minimum Gasteiger partial charge on any atom is -0.461 e. The Morgan fingerprint density at radius 2 is 1.27 bits per heavy atom. The second kappa shape index (κ2) is 7.31. The Morgan fingerprint density at radius 3 is 1.64 bits per heavy atom. The van der Waals surface area contributed by atoms with Crippen molar-refractivity contribution in [2.24, 2.45) is 0 Å². The number of hydrogen-bond acceptors (Lipinski definition) is 6. The molecular formula is C16H16N2O4. The van der Waals surface area contributed by atoms with Crippen LogP contribution in [0.1, 0.15) is 25.0 Å². The number of esters is 2. The lowest BCUT2D eigenvalue weighted by molar-refractivity contribution is -0.143. The third-order valence-electron chi connectivity index (χ3n) is 2.80. The minimum atomic E-state index is -0.333. The molecule has 0 amide bonds. The number of hydrogen-bond donors (Lipinski definition) is 0. The quantitative estimate of drug-likeness (QED) is 0.788. The molecule has 0 atom stereocenters. The van der Waals surface area contributed by atoms with Crippen LogP contribution in [-0.4, -0.2) is 21.9 Å². The average Bonchev–Trinajstić information content (AvgIpc) is 2.51. The van der Waals surface area contributed by atoms with E-state index in [2.05, 4.69) is 9.97 Å². The molecule has 6 nitrogen and oxygen atoms in total. The third kappa shape index (κ3) is 4.66. The van der Waals surface area contributed by atoms with Gasteiger partial charge in [-0.25, -0.2) is 0 Å². The molecule has 0 bridgehead atoms. The van der Waals surface area contributed by atoms with Crippen molar-refractivity contribution in [3.05, 3.63) is 47.8 Å². The second-order valence-electron chi connectivity index (χ2n) is 4.66. The summed E-state index contributed by atoms with van der Waals surface area (Å²) in [6, 6.07) is 7.16. The number of nitrogens with zero attached hydrogens (tertiary/aromatic N) is 2. The maximum absolute atomic E-state index is 10.9. The summed E-state index contributed by atoms with van der Waals surface area (Å²) in [7, 11) is 0. The van der Waals surface area contributed by atoms with Gasteiger partial charge >= 0.3 is 11.9 Å². The highest BCUT2D eigenvalue weighted by atomic mass is 16.5. The molecule has 0 aliphatic rings. The summed E-state index contributed by atoms with van der Waals surface area (Å²) in [6.07, 6.45) is 3.27. The molecule has 6 heteroatoms. The summed E-state index contributed by atoms with van der Waals surface area (Å²) in [5, 5.41) is 0. The third-order valence-corrected chi connectivity index (χ3v) is 2.80. The Labute approximate surface area is 128 Å². The highest BCUT2D eigenvalue weighted by Crippen LogP contribution is 2.17. The van der Waals surface area contributed by atoms with Crippen LogP contribution in [0.5, 0.6) is 0 Å². The summed E-state index contributed by atoms with van der Waals surface area (Å²) in [5.74, 6) is -0.667. The number of pyridine rings is 2. The van der Waals surface area contributed by atoms with Gasteiger partial charge in [0.15, 0.2) is 0 Å². The molecular weight excluding hydrogens is 284 g/mol. The Kier molecular flexibility index (Phi) is 5.19. The number of carbonyl (C=O) groups is 2. The van der Waals surface area contributed by atoms with Crippen LogP contribution in [0.15, 0.2) is 36.7 Å². The zero-order chi connectivity index (χ0) is 15.9. The van der Waals surface area contributed by atoms with Crippen LogP contribution in [0, 0.1) is 0 Å². The van der Waals surface area contributed by atoms with Gasteiger partial charge < -0.3 is 9.47 Å². The van der Waals surface area contributed by atoms with Crippen LogP contribution in [0.25, 0.3) is 11.4 Å². The molecule has 0 radical (unpaired) electrons. The molecule has 0 fully saturated rings. The van der Waals surface area contributed by atoms with Gasteiger partial charge in [-0.2, -0.15) is 0 Å². The summed E-state index contributed by atoms with van der Waals surface area (Å²) >= 11 is 0. The maximum atomic E-state index is 10.9. The number of ether oxygens (including phenoxy) is 2. The predicted octanol–water partition coefficient (Wildman–Crippen LogP) is 2.27. The van der Waals surface area contributed by atoms with Gasteiger partial charge in [-0.3, -0.25) is 19.6 Å². The molecule has 0 saturated carbocycles. The summed E-state index contributed by atoms with van der Waals surface area (Å²) < 4.78 is 9.93. The maximum Gasteiger partial charge on any atom is 0.302 e. The van der Waals surface area contributed by atoms with E-state index in [0.29, 0.717) is 11.4 Å². The summed E-state index contributed by atoms with van der Waals surface area (Å²) in [6.45, 7) is 3.11. The number of rotatable bonds is 5. The van der Waals surface area contributed by atoms with Crippen LogP contribution in [0.3, 0.4) is 0 Å². The number of carbonyl (C=O) groups excluding carboxylic acids is 2. The van der Waals surface area contributed by atoms with E-state index in [-0.39, 0.29) is 25.2 Å². The molecule has 0 aliphatic heterocycles. The first-order chi connectivity index (χ1) is 10.5. The van der Waals surface area contributed by atoms with Gasteiger partial charge in [0, 0.05) is 26.2 Å². The molecule has 22 heavy (non-hydrogen) atoms. The van der Waals surface area contributed by atoms with Crippen LogP contribution < -0.4 is 0 Å². The molecule has 0 unspecified atom stereocenters. The van der Waals surface area contributed by atoms with Crippen molar-refractivity contribution in [3.8, 4) is 11.4 Å². The van der Waals surface area contributed by atoms with Crippen molar-refractivity contribution < 1.29 is 19.1 Å². The Bertz CT molecular complexity index is 626. The predicted molar refractivity (Wildman–Crippen MR) is 78.4 cm³/mol. The van der Waals surface area contributed by atoms with Crippen molar-refractivity contribution in [1.29, 1.82) is 0 Å². The zero-order valence-corrected chi connectivity index (χ0v) is 12.4. The van der Waals surface area contributed by atoms with Crippen molar-refractivity contribution in [1.82, 2.24) is 9.97 Å². The van der Waals surface area contributed by atoms with E-state index in [1.165, 1.54) is 13.8 Å². The van der Waals surface area contributed by atoms with E-state index in [4.69, 9.17) is 9.47 Å². The molecule has 114 valence electrons. The molecule has 0 spiro atoms. The molecule has 0 saturated heterocycles. The molecule has 2 aromatic heterocycles. The zero-order valence-electron chi connectivity index (χ0n) is 12.4.